The number of nitrogens with zero attached hydrogens (tertiary/aromatic N) is 1. The molecule has 0 saturated carbocycles. The lowest BCUT2D eigenvalue weighted by atomic mass is 9.99. The third kappa shape index (κ3) is 4.22. The van der Waals surface area contributed by atoms with E-state index in [-0.39, 0.29) is 17.7 Å². The standard InChI is InChI=1S/C19H25NO4/c21-17(15-7-3-1-4-8-15)13-16-9-5-2-6-10-20(16)19(22)18-14-23-11-12-24-18/h1,3-4,7-8,16,18H,2,5-6,9-14H2/t16-,18+/m1/s1. The molecule has 2 fully saturated rings. The van der Waals surface area contributed by atoms with Gasteiger partial charge >= 0.3 is 0 Å². The zero-order valence-electron chi connectivity index (χ0n) is 14.0. The van der Waals surface area contributed by atoms with Crippen LogP contribution in [0, 0.1) is 0 Å². The molecule has 1 amide bonds. The molecule has 0 bridgehead atoms. The van der Waals surface area contributed by atoms with Crippen molar-refractivity contribution in [1.82, 2.24) is 4.90 Å². The van der Waals surface area contributed by atoms with Crippen molar-refractivity contribution in [2.45, 2.75) is 44.2 Å². The zero-order valence-corrected chi connectivity index (χ0v) is 14.0. The first-order valence-corrected chi connectivity index (χ1v) is 8.84. The Kier molecular flexibility index (Phi) is 5.99. The number of amides is 1. The molecule has 1 aromatic rings. The molecule has 1 aromatic carbocycles. The molecule has 2 saturated heterocycles. The molecule has 5 heteroatoms. The fourth-order valence-corrected chi connectivity index (χ4v) is 3.45. The SMILES string of the molecule is O=C(C[C@H]1CCCCCN1C(=O)[C@@H]1COCCO1)c1ccccc1. The largest absolute Gasteiger partial charge is 0.376 e. The lowest BCUT2D eigenvalue weighted by Crippen LogP contribution is -2.49. The van der Waals surface area contributed by atoms with Gasteiger partial charge in [0.1, 0.15) is 0 Å². The van der Waals surface area contributed by atoms with E-state index in [1.165, 1.54) is 0 Å². The maximum absolute atomic E-state index is 12.8. The van der Waals surface area contributed by atoms with E-state index < -0.39 is 6.10 Å². The van der Waals surface area contributed by atoms with Gasteiger partial charge in [0.15, 0.2) is 11.9 Å². The normalized spacial score (nSPS) is 25.1. The van der Waals surface area contributed by atoms with Crippen molar-refractivity contribution < 1.29 is 19.1 Å². The first-order valence-electron chi connectivity index (χ1n) is 8.84. The lowest BCUT2D eigenvalue weighted by Gasteiger charge is -2.34. The summed E-state index contributed by atoms with van der Waals surface area (Å²) in [5.41, 5.74) is 0.714. The Morgan fingerprint density at radius 1 is 1.08 bits per heavy atom. The van der Waals surface area contributed by atoms with Gasteiger partial charge in [-0.1, -0.05) is 43.2 Å². The number of benzene rings is 1. The molecule has 0 aliphatic carbocycles. The number of likely N-dealkylation sites (tertiary alicyclic amines) is 1. The molecule has 2 heterocycles. The maximum Gasteiger partial charge on any atom is 0.254 e. The molecule has 2 atom stereocenters. The molecular formula is C19H25NO4. The van der Waals surface area contributed by atoms with Crippen LogP contribution in [0.2, 0.25) is 0 Å². The molecular weight excluding hydrogens is 306 g/mol. The summed E-state index contributed by atoms with van der Waals surface area (Å²) in [6.45, 7) is 2.01. The molecule has 0 aromatic heterocycles. The van der Waals surface area contributed by atoms with Gasteiger partial charge in [0, 0.05) is 24.6 Å². The minimum Gasteiger partial charge on any atom is -0.376 e. The fourth-order valence-electron chi connectivity index (χ4n) is 3.45. The van der Waals surface area contributed by atoms with Crippen LogP contribution in [0.15, 0.2) is 30.3 Å². The Labute approximate surface area is 142 Å². The minimum absolute atomic E-state index is 0.0255. The van der Waals surface area contributed by atoms with Crippen LogP contribution in [0.1, 0.15) is 42.5 Å². The van der Waals surface area contributed by atoms with Gasteiger partial charge in [-0.25, -0.2) is 0 Å². The average Bonchev–Trinajstić information content (AvgIpc) is 2.88. The number of ketones is 1. The zero-order chi connectivity index (χ0) is 16.8. The molecule has 0 N–H and O–H groups in total. The number of ether oxygens (including phenoxy) is 2. The summed E-state index contributed by atoms with van der Waals surface area (Å²) in [5, 5.41) is 0. The highest BCUT2D eigenvalue weighted by Gasteiger charge is 2.33. The quantitative estimate of drug-likeness (QED) is 0.795. The second-order valence-electron chi connectivity index (χ2n) is 6.46. The van der Waals surface area contributed by atoms with E-state index in [1.807, 2.05) is 35.2 Å². The Hall–Kier alpha value is -1.72. The van der Waals surface area contributed by atoms with E-state index in [4.69, 9.17) is 9.47 Å². The summed E-state index contributed by atoms with van der Waals surface area (Å²) in [4.78, 5) is 27.3. The first kappa shape index (κ1) is 17.1. The van der Waals surface area contributed by atoms with Crippen LogP contribution in [0.3, 0.4) is 0 Å². The van der Waals surface area contributed by atoms with Crippen LogP contribution in [0.4, 0.5) is 0 Å². The highest BCUT2D eigenvalue weighted by molar-refractivity contribution is 5.96. The van der Waals surface area contributed by atoms with Crippen LogP contribution in [-0.2, 0) is 14.3 Å². The van der Waals surface area contributed by atoms with Crippen LogP contribution < -0.4 is 0 Å². The predicted molar refractivity (Wildman–Crippen MR) is 89.9 cm³/mol. The van der Waals surface area contributed by atoms with Crippen molar-refractivity contribution in [2.24, 2.45) is 0 Å². The third-order valence-electron chi connectivity index (χ3n) is 4.77. The van der Waals surface area contributed by atoms with Crippen LogP contribution in [0.25, 0.3) is 0 Å². The molecule has 0 unspecified atom stereocenters. The van der Waals surface area contributed by atoms with Crippen molar-refractivity contribution in [3.05, 3.63) is 35.9 Å². The van der Waals surface area contributed by atoms with Gasteiger partial charge in [0.2, 0.25) is 0 Å². The Morgan fingerprint density at radius 3 is 2.67 bits per heavy atom. The van der Waals surface area contributed by atoms with E-state index >= 15 is 0 Å². The van der Waals surface area contributed by atoms with Crippen molar-refractivity contribution in [2.75, 3.05) is 26.4 Å². The third-order valence-corrected chi connectivity index (χ3v) is 4.77. The molecule has 0 spiro atoms. The van der Waals surface area contributed by atoms with Crippen molar-refractivity contribution in [1.29, 1.82) is 0 Å². The molecule has 130 valence electrons. The molecule has 0 radical (unpaired) electrons. The number of carbonyl (C=O) groups excluding carboxylic acids is 2. The summed E-state index contributed by atoms with van der Waals surface area (Å²) in [7, 11) is 0. The Morgan fingerprint density at radius 2 is 1.92 bits per heavy atom. The predicted octanol–water partition coefficient (Wildman–Crippen LogP) is 2.45. The number of hydrogen-bond donors (Lipinski definition) is 0. The van der Waals surface area contributed by atoms with Crippen LogP contribution >= 0.6 is 0 Å². The smallest absolute Gasteiger partial charge is 0.254 e. The summed E-state index contributed by atoms with van der Waals surface area (Å²) < 4.78 is 10.9. The first-order chi connectivity index (χ1) is 11.8. The lowest BCUT2D eigenvalue weighted by molar-refractivity contribution is -0.160. The Bertz CT molecular complexity index is 554. The molecule has 3 rings (SSSR count). The summed E-state index contributed by atoms with van der Waals surface area (Å²) in [6, 6.07) is 9.27. The van der Waals surface area contributed by atoms with E-state index in [9.17, 15) is 9.59 Å². The topological polar surface area (TPSA) is 55.8 Å². The van der Waals surface area contributed by atoms with Gasteiger partial charge < -0.3 is 14.4 Å². The van der Waals surface area contributed by atoms with Gasteiger partial charge in [0.05, 0.1) is 19.8 Å². The monoisotopic (exact) mass is 331 g/mol. The summed E-state index contributed by atoms with van der Waals surface area (Å²) in [5.74, 6) is 0.0728. The van der Waals surface area contributed by atoms with Gasteiger partial charge in [-0.05, 0) is 12.8 Å². The van der Waals surface area contributed by atoms with E-state index in [1.54, 1.807) is 0 Å². The van der Waals surface area contributed by atoms with E-state index in [0.717, 1.165) is 25.7 Å². The number of carbonyl (C=O) groups is 2. The highest BCUT2D eigenvalue weighted by Crippen LogP contribution is 2.23. The van der Waals surface area contributed by atoms with Gasteiger partial charge in [0.25, 0.3) is 5.91 Å². The van der Waals surface area contributed by atoms with Crippen LogP contribution in [0.5, 0.6) is 0 Å². The van der Waals surface area contributed by atoms with Crippen LogP contribution in [-0.4, -0.2) is 55.1 Å². The minimum atomic E-state index is -0.522. The van der Waals surface area contributed by atoms with E-state index in [2.05, 4.69) is 0 Å². The molecule has 2 aliphatic heterocycles. The van der Waals surface area contributed by atoms with Crippen molar-refractivity contribution >= 4 is 11.7 Å². The summed E-state index contributed by atoms with van der Waals surface area (Å²) in [6.07, 6.45) is 3.86. The maximum atomic E-state index is 12.8. The van der Waals surface area contributed by atoms with Crippen molar-refractivity contribution in [3.63, 3.8) is 0 Å². The second kappa shape index (κ2) is 8.40. The fraction of sp³-hybridized carbons (Fsp3) is 0.579. The van der Waals surface area contributed by atoms with E-state index in [0.29, 0.717) is 38.3 Å². The summed E-state index contributed by atoms with van der Waals surface area (Å²) >= 11 is 0. The van der Waals surface area contributed by atoms with Gasteiger partial charge in [-0.2, -0.15) is 0 Å². The highest BCUT2D eigenvalue weighted by atomic mass is 16.6. The molecule has 5 nitrogen and oxygen atoms in total. The number of rotatable bonds is 4. The van der Waals surface area contributed by atoms with Gasteiger partial charge in [-0.15, -0.1) is 0 Å². The average molecular weight is 331 g/mol. The van der Waals surface area contributed by atoms with Crippen molar-refractivity contribution in [3.8, 4) is 0 Å². The Balaban J connectivity index is 1.70. The molecule has 2 aliphatic rings. The number of hydrogen-bond acceptors (Lipinski definition) is 4. The second-order valence-corrected chi connectivity index (χ2v) is 6.46. The molecule has 24 heavy (non-hydrogen) atoms. The van der Waals surface area contributed by atoms with Gasteiger partial charge in [-0.3, -0.25) is 9.59 Å². The number of Topliss-reactive ketones (excluding diaryl/α,β-unsaturated/α-hetero) is 1.